The van der Waals surface area contributed by atoms with Crippen LogP contribution in [0.25, 0.3) is 0 Å². The summed E-state index contributed by atoms with van der Waals surface area (Å²) in [6, 6.07) is 0.574. The van der Waals surface area contributed by atoms with E-state index in [9.17, 15) is 0 Å². The van der Waals surface area contributed by atoms with Crippen molar-refractivity contribution in [3.8, 4) is 0 Å². The highest BCUT2D eigenvalue weighted by atomic mass is 16.6. The Labute approximate surface area is 88.4 Å². The fourth-order valence-corrected chi connectivity index (χ4v) is 2.85. The van der Waals surface area contributed by atoms with Gasteiger partial charge in [0.1, 0.15) is 0 Å². The van der Waals surface area contributed by atoms with Crippen LogP contribution < -0.4 is 5.48 Å². The lowest BCUT2D eigenvalue weighted by Crippen LogP contribution is -2.41. The van der Waals surface area contributed by atoms with Gasteiger partial charge in [-0.15, -0.1) is 0 Å². The molecule has 0 spiro atoms. The predicted octanol–water partition coefficient (Wildman–Crippen LogP) is 3.13. The molecule has 1 saturated carbocycles. The monoisotopic (exact) mass is 199 g/mol. The Hall–Kier alpha value is -0.0800. The van der Waals surface area contributed by atoms with Crippen molar-refractivity contribution in [1.82, 2.24) is 5.48 Å². The van der Waals surface area contributed by atoms with Crippen molar-refractivity contribution in [1.29, 1.82) is 0 Å². The fourth-order valence-electron chi connectivity index (χ4n) is 2.85. The number of hydrogen-bond acceptors (Lipinski definition) is 2. The molecule has 1 rings (SSSR count). The van der Waals surface area contributed by atoms with Crippen LogP contribution in [0, 0.1) is 11.3 Å². The number of nitrogens with one attached hydrogen (secondary N) is 1. The third kappa shape index (κ3) is 2.48. The van der Waals surface area contributed by atoms with E-state index in [1.54, 1.807) is 7.11 Å². The zero-order chi connectivity index (χ0) is 10.6. The molecule has 0 bridgehead atoms. The minimum Gasteiger partial charge on any atom is -0.305 e. The van der Waals surface area contributed by atoms with Crippen LogP contribution in [0.5, 0.6) is 0 Å². The van der Waals surface area contributed by atoms with Crippen molar-refractivity contribution in [3.05, 3.63) is 0 Å². The Morgan fingerprint density at radius 3 is 2.64 bits per heavy atom. The molecular weight excluding hydrogens is 174 g/mol. The molecule has 14 heavy (non-hydrogen) atoms. The summed E-state index contributed by atoms with van der Waals surface area (Å²) in [5.41, 5.74) is 3.68. The van der Waals surface area contributed by atoms with Crippen molar-refractivity contribution in [2.24, 2.45) is 11.3 Å². The first-order valence-corrected chi connectivity index (χ1v) is 5.94. The van der Waals surface area contributed by atoms with Crippen LogP contribution in [0.2, 0.25) is 0 Å². The quantitative estimate of drug-likeness (QED) is 0.702. The first kappa shape index (κ1) is 12.0. The Balaban J connectivity index is 2.54. The van der Waals surface area contributed by atoms with Gasteiger partial charge in [-0.25, -0.2) is 0 Å². The molecule has 1 fully saturated rings. The Morgan fingerprint density at radius 2 is 2.14 bits per heavy atom. The van der Waals surface area contributed by atoms with E-state index in [1.165, 1.54) is 32.1 Å². The molecule has 84 valence electrons. The maximum absolute atomic E-state index is 5.03. The van der Waals surface area contributed by atoms with Crippen LogP contribution in [-0.4, -0.2) is 13.2 Å². The van der Waals surface area contributed by atoms with Crippen molar-refractivity contribution in [2.45, 2.75) is 58.9 Å². The second kappa shape index (κ2) is 5.13. The van der Waals surface area contributed by atoms with E-state index in [2.05, 4.69) is 26.3 Å². The molecule has 1 N–H and O–H groups in total. The zero-order valence-electron chi connectivity index (χ0n) is 10.1. The van der Waals surface area contributed by atoms with Gasteiger partial charge in [-0.2, -0.15) is 5.48 Å². The van der Waals surface area contributed by atoms with Crippen LogP contribution in [0.3, 0.4) is 0 Å². The van der Waals surface area contributed by atoms with Gasteiger partial charge < -0.3 is 4.84 Å². The Bertz CT molecular complexity index is 172. The molecule has 0 aromatic heterocycles. The van der Waals surface area contributed by atoms with E-state index in [0.29, 0.717) is 11.5 Å². The second-order valence-electron chi connectivity index (χ2n) is 4.91. The van der Waals surface area contributed by atoms with Crippen LogP contribution >= 0.6 is 0 Å². The average molecular weight is 199 g/mol. The van der Waals surface area contributed by atoms with Crippen LogP contribution in [0.15, 0.2) is 0 Å². The van der Waals surface area contributed by atoms with E-state index >= 15 is 0 Å². The van der Waals surface area contributed by atoms with Gasteiger partial charge in [0.2, 0.25) is 0 Å². The van der Waals surface area contributed by atoms with Crippen LogP contribution in [0.1, 0.15) is 52.9 Å². The lowest BCUT2D eigenvalue weighted by Gasteiger charge is -2.44. The van der Waals surface area contributed by atoms with E-state index in [1.807, 2.05) is 0 Å². The summed E-state index contributed by atoms with van der Waals surface area (Å²) < 4.78 is 0. The highest BCUT2D eigenvalue weighted by molar-refractivity contribution is 4.89. The van der Waals surface area contributed by atoms with Gasteiger partial charge in [0, 0.05) is 6.04 Å². The molecule has 0 aromatic rings. The van der Waals surface area contributed by atoms with Crippen molar-refractivity contribution < 1.29 is 4.84 Å². The minimum atomic E-state index is 0.570. The molecule has 3 unspecified atom stereocenters. The summed E-state index contributed by atoms with van der Waals surface area (Å²) in [6.07, 6.45) is 6.48. The smallest absolute Gasteiger partial charge is 0.0572 e. The molecule has 3 atom stereocenters. The van der Waals surface area contributed by atoms with Crippen molar-refractivity contribution >= 4 is 0 Å². The van der Waals surface area contributed by atoms with Crippen molar-refractivity contribution in [3.63, 3.8) is 0 Å². The normalized spacial score (nSPS) is 38.6. The molecule has 2 heteroatoms. The molecule has 0 saturated heterocycles. The largest absolute Gasteiger partial charge is 0.305 e. The van der Waals surface area contributed by atoms with Gasteiger partial charge >= 0.3 is 0 Å². The standard InChI is InChI=1S/C12H25NO/c1-5-10-9-11(13-14-4)7-8-12(10,3)6-2/h10-11,13H,5-9H2,1-4H3. The average Bonchev–Trinajstić information content (AvgIpc) is 2.21. The molecule has 2 nitrogen and oxygen atoms in total. The highest BCUT2D eigenvalue weighted by Crippen LogP contribution is 2.45. The van der Waals surface area contributed by atoms with E-state index in [0.717, 1.165) is 5.92 Å². The summed E-state index contributed by atoms with van der Waals surface area (Å²) in [6.45, 7) is 7.09. The second-order valence-corrected chi connectivity index (χ2v) is 4.91. The topological polar surface area (TPSA) is 21.3 Å². The number of hydroxylamine groups is 1. The summed E-state index contributed by atoms with van der Waals surface area (Å²) in [4.78, 5) is 5.03. The molecular formula is C12H25NO. The molecule has 0 radical (unpaired) electrons. The Morgan fingerprint density at radius 1 is 1.43 bits per heavy atom. The van der Waals surface area contributed by atoms with E-state index < -0.39 is 0 Å². The molecule has 0 heterocycles. The lowest BCUT2D eigenvalue weighted by atomic mass is 9.64. The molecule has 0 aliphatic heterocycles. The van der Waals surface area contributed by atoms with E-state index in [-0.39, 0.29) is 0 Å². The number of rotatable bonds is 4. The Kier molecular flexibility index (Phi) is 4.39. The molecule has 0 aromatic carbocycles. The SMILES string of the molecule is CCC1CC(NOC)CCC1(C)CC. The first-order chi connectivity index (χ1) is 6.66. The third-order valence-corrected chi connectivity index (χ3v) is 4.20. The maximum atomic E-state index is 5.03. The van der Waals surface area contributed by atoms with Gasteiger partial charge in [0.05, 0.1) is 7.11 Å². The van der Waals surface area contributed by atoms with Gasteiger partial charge in [0.15, 0.2) is 0 Å². The highest BCUT2D eigenvalue weighted by Gasteiger charge is 2.37. The molecule has 1 aliphatic rings. The number of hydrogen-bond donors (Lipinski definition) is 1. The van der Waals surface area contributed by atoms with Gasteiger partial charge in [-0.05, 0) is 30.6 Å². The first-order valence-electron chi connectivity index (χ1n) is 5.94. The summed E-state index contributed by atoms with van der Waals surface area (Å²) in [5.74, 6) is 0.855. The van der Waals surface area contributed by atoms with Crippen LogP contribution in [-0.2, 0) is 4.84 Å². The molecule has 1 aliphatic carbocycles. The predicted molar refractivity (Wildman–Crippen MR) is 60.0 cm³/mol. The molecule has 0 amide bonds. The van der Waals surface area contributed by atoms with Gasteiger partial charge in [0.25, 0.3) is 0 Å². The summed E-state index contributed by atoms with van der Waals surface area (Å²) in [5, 5.41) is 0. The fraction of sp³-hybridized carbons (Fsp3) is 1.00. The summed E-state index contributed by atoms with van der Waals surface area (Å²) in [7, 11) is 1.72. The van der Waals surface area contributed by atoms with Gasteiger partial charge in [-0.3, -0.25) is 0 Å². The van der Waals surface area contributed by atoms with Crippen LogP contribution in [0.4, 0.5) is 0 Å². The van der Waals surface area contributed by atoms with E-state index in [4.69, 9.17) is 4.84 Å². The minimum absolute atomic E-state index is 0.570. The third-order valence-electron chi connectivity index (χ3n) is 4.20. The zero-order valence-corrected chi connectivity index (χ0v) is 10.1. The van der Waals surface area contributed by atoms with Gasteiger partial charge in [-0.1, -0.05) is 33.6 Å². The lowest BCUT2D eigenvalue weighted by molar-refractivity contribution is 0.00416. The maximum Gasteiger partial charge on any atom is 0.0572 e. The summed E-state index contributed by atoms with van der Waals surface area (Å²) >= 11 is 0. The van der Waals surface area contributed by atoms with Crippen molar-refractivity contribution in [2.75, 3.05) is 7.11 Å².